The highest BCUT2D eigenvalue weighted by molar-refractivity contribution is 7.91. The quantitative estimate of drug-likeness (QED) is 0.834. The van der Waals surface area contributed by atoms with Crippen molar-refractivity contribution < 1.29 is 8.42 Å². The van der Waals surface area contributed by atoms with E-state index in [1.54, 1.807) is 12.1 Å². The molecule has 0 bridgehead atoms. The smallest absolute Gasteiger partial charge is 0.210 e. The molecule has 0 N–H and O–H groups in total. The highest BCUT2D eigenvalue weighted by Crippen LogP contribution is 2.37. The van der Waals surface area contributed by atoms with Gasteiger partial charge in [0.2, 0.25) is 9.84 Å². The van der Waals surface area contributed by atoms with Gasteiger partial charge in [-0.05, 0) is 42.2 Å². The summed E-state index contributed by atoms with van der Waals surface area (Å²) in [6, 6.07) is 5.18. The van der Waals surface area contributed by atoms with E-state index >= 15 is 0 Å². The van der Waals surface area contributed by atoms with Crippen LogP contribution in [0.4, 0.5) is 0 Å². The summed E-state index contributed by atoms with van der Waals surface area (Å²) in [6.45, 7) is 6.56. The van der Waals surface area contributed by atoms with Gasteiger partial charge in [-0.2, -0.15) is 10.5 Å². The zero-order valence-electron chi connectivity index (χ0n) is 13.0. The maximum absolute atomic E-state index is 12.1. The fourth-order valence-electron chi connectivity index (χ4n) is 2.86. The molecule has 0 aliphatic heterocycles. The van der Waals surface area contributed by atoms with Gasteiger partial charge in [-0.1, -0.05) is 20.8 Å². The molecule has 1 aliphatic rings. The number of aryl methyl sites for hydroxylation is 1. The van der Waals surface area contributed by atoms with E-state index in [1.807, 2.05) is 6.07 Å². The van der Waals surface area contributed by atoms with E-state index in [-0.39, 0.29) is 16.0 Å². The molecule has 1 aromatic rings. The first-order valence-electron chi connectivity index (χ1n) is 7.21. The van der Waals surface area contributed by atoms with Crippen LogP contribution in [0, 0.1) is 34.0 Å². The van der Waals surface area contributed by atoms with Crippen molar-refractivity contribution in [3.8, 4) is 12.1 Å². The van der Waals surface area contributed by atoms with Crippen LogP contribution in [0.2, 0.25) is 0 Å². The van der Waals surface area contributed by atoms with Gasteiger partial charge in [-0.15, -0.1) is 0 Å². The summed E-state index contributed by atoms with van der Waals surface area (Å²) in [5.41, 5.74) is 1.91. The molecule has 1 unspecified atom stereocenters. The molecule has 0 fully saturated rings. The van der Waals surface area contributed by atoms with E-state index in [9.17, 15) is 13.7 Å². The van der Waals surface area contributed by atoms with Crippen LogP contribution in [0.5, 0.6) is 0 Å². The van der Waals surface area contributed by atoms with Gasteiger partial charge in [0, 0.05) is 5.69 Å². The van der Waals surface area contributed by atoms with Crippen molar-refractivity contribution in [2.45, 2.75) is 45.1 Å². The monoisotopic (exact) mass is 317 g/mol. The van der Waals surface area contributed by atoms with Crippen LogP contribution in [0.15, 0.2) is 11.1 Å². The molecule has 0 saturated carbocycles. The standard InChI is InChI=1S/C16H19N3O2S/c1-16(2,3)13-4-5-14-11(9-13)8-12(10-18)15(19-14)22(20,21)7-6-17/h8,13H,4-5,7,9H2,1-3H3. The Balaban J connectivity index is 2.50. The number of nitriles is 2. The minimum Gasteiger partial charge on any atom is -0.240 e. The first-order valence-corrected chi connectivity index (χ1v) is 8.87. The third-order valence-electron chi connectivity index (χ3n) is 4.25. The molecule has 0 saturated heterocycles. The molecule has 1 aromatic heterocycles. The van der Waals surface area contributed by atoms with E-state index in [0.717, 1.165) is 24.1 Å². The SMILES string of the molecule is CC(C)(C)C1CCc2nc(S(=O)(=O)CC#N)c(C#N)cc2C1. The number of hydrogen-bond donors (Lipinski definition) is 0. The van der Waals surface area contributed by atoms with E-state index in [1.165, 1.54) is 0 Å². The van der Waals surface area contributed by atoms with Crippen LogP contribution in [-0.4, -0.2) is 19.2 Å². The normalized spacial score (nSPS) is 18.1. The Morgan fingerprint density at radius 2 is 2.05 bits per heavy atom. The zero-order valence-corrected chi connectivity index (χ0v) is 13.9. The van der Waals surface area contributed by atoms with E-state index in [2.05, 4.69) is 25.8 Å². The second-order valence-electron chi connectivity index (χ2n) is 6.78. The minimum atomic E-state index is -3.82. The van der Waals surface area contributed by atoms with Gasteiger partial charge in [-0.25, -0.2) is 13.4 Å². The molecule has 0 aromatic carbocycles. The molecular formula is C16H19N3O2S. The lowest BCUT2D eigenvalue weighted by Gasteiger charge is -2.34. The summed E-state index contributed by atoms with van der Waals surface area (Å²) in [4.78, 5) is 4.23. The van der Waals surface area contributed by atoms with Gasteiger partial charge >= 0.3 is 0 Å². The number of pyridine rings is 1. The topological polar surface area (TPSA) is 94.6 Å². The fraction of sp³-hybridized carbons (Fsp3) is 0.562. The molecule has 0 spiro atoms. The highest BCUT2D eigenvalue weighted by Gasteiger charge is 2.31. The lowest BCUT2D eigenvalue weighted by atomic mass is 9.71. The number of hydrogen-bond acceptors (Lipinski definition) is 5. The largest absolute Gasteiger partial charge is 0.240 e. The lowest BCUT2D eigenvalue weighted by Crippen LogP contribution is -2.28. The Hall–Kier alpha value is -1.92. The average molecular weight is 317 g/mol. The van der Waals surface area contributed by atoms with Gasteiger partial charge in [0.1, 0.15) is 11.8 Å². The van der Waals surface area contributed by atoms with Gasteiger partial charge in [0.15, 0.2) is 5.03 Å². The molecular weight excluding hydrogens is 298 g/mol. The molecule has 22 heavy (non-hydrogen) atoms. The van der Waals surface area contributed by atoms with Crippen molar-refractivity contribution in [2.24, 2.45) is 11.3 Å². The van der Waals surface area contributed by atoms with Crippen molar-refractivity contribution in [3.63, 3.8) is 0 Å². The van der Waals surface area contributed by atoms with Gasteiger partial charge in [-0.3, -0.25) is 0 Å². The molecule has 0 radical (unpaired) electrons. The highest BCUT2D eigenvalue weighted by atomic mass is 32.2. The lowest BCUT2D eigenvalue weighted by molar-refractivity contribution is 0.214. The Labute approximate surface area is 131 Å². The number of sulfone groups is 1. The second kappa shape index (κ2) is 5.70. The van der Waals surface area contributed by atoms with Crippen molar-refractivity contribution in [2.75, 3.05) is 5.75 Å². The number of nitrogens with zero attached hydrogens (tertiary/aromatic N) is 3. The summed E-state index contributed by atoms with van der Waals surface area (Å²) in [7, 11) is -3.82. The van der Waals surface area contributed by atoms with Crippen LogP contribution >= 0.6 is 0 Å². The molecule has 1 atom stereocenters. The summed E-state index contributed by atoms with van der Waals surface area (Å²) >= 11 is 0. The van der Waals surface area contributed by atoms with Crippen molar-refractivity contribution in [3.05, 3.63) is 22.9 Å². The van der Waals surface area contributed by atoms with Gasteiger partial charge < -0.3 is 0 Å². The second-order valence-corrected chi connectivity index (χ2v) is 8.69. The Kier molecular flexibility index (Phi) is 4.26. The Morgan fingerprint density at radius 1 is 1.36 bits per heavy atom. The Morgan fingerprint density at radius 3 is 2.59 bits per heavy atom. The molecule has 116 valence electrons. The number of fused-ring (bicyclic) bond motifs is 1. The summed E-state index contributed by atoms with van der Waals surface area (Å²) < 4.78 is 24.2. The molecule has 2 rings (SSSR count). The van der Waals surface area contributed by atoms with Crippen molar-refractivity contribution in [1.29, 1.82) is 10.5 Å². The van der Waals surface area contributed by atoms with Crippen LogP contribution in [0.25, 0.3) is 0 Å². The van der Waals surface area contributed by atoms with E-state index < -0.39 is 15.6 Å². The number of rotatable bonds is 2. The minimum absolute atomic E-state index is 0.0450. The zero-order chi connectivity index (χ0) is 16.5. The molecule has 6 heteroatoms. The third kappa shape index (κ3) is 3.13. The van der Waals surface area contributed by atoms with Crippen LogP contribution in [0.1, 0.15) is 44.0 Å². The van der Waals surface area contributed by atoms with Gasteiger partial charge in [0.25, 0.3) is 0 Å². The maximum atomic E-state index is 12.1. The summed E-state index contributed by atoms with van der Waals surface area (Å²) in [5.74, 6) is -0.173. The maximum Gasteiger partial charge on any atom is 0.210 e. The molecule has 1 aliphatic carbocycles. The molecule has 1 heterocycles. The van der Waals surface area contributed by atoms with Crippen LogP contribution in [0.3, 0.4) is 0 Å². The molecule has 0 amide bonds. The molecule has 5 nitrogen and oxygen atoms in total. The first kappa shape index (κ1) is 16.5. The van der Waals surface area contributed by atoms with Crippen molar-refractivity contribution in [1.82, 2.24) is 4.98 Å². The predicted molar refractivity (Wildman–Crippen MR) is 81.6 cm³/mol. The summed E-state index contributed by atoms with van der Waals surface area (Å²) in [5, 5.41) is 17.6. The average Bonchev–Trinajstić information content (AvgIpc) is 2.44. The Bertz CT molecular complexity index is 777. The number of aromatic nitrogens is 1. The van der Waals surface area contributed by atoms with E-state index in [4.69, 9.17) is 5.26 Å². The van der Waals surface area contributed by atoms with E-state index in [0.29, 0.717) is 12.3 Å². The van der Waals surface area contributed by atoms with Gasteiger partial charge in [0.05, 0.1) is 11.6 Å². The van der Waals surface area contributed by atoms with Crippen molar-refractivity contribution >= 4 is 9.84 Å². The summed E-state index contributed by atoms with van der Waals surface area (Å²) in [6.07, 6.45) is 2.46. The van der Waals surface area contributed by atoms with Crippen LogP contribution in [-0.2, 0) is 22.7 Å². The van der Waals surface area contributed by atoms with Crippen LogP contribution < -0.4 is 0 Å². The third-order valence-corrected chi connectivity index (χ3v) is 5.66. The predicted octanol–water partition coefficient (Wildman–Crippen LogP) is 2.40. The fourth-order valence-corrected chi connectivity index (χ4v) is 3.85. The first-order chi connectivity index (χ1) is 10.2.